The topological polar surface area (TPSA) is 73.5 Å². The van der Waals surface area contributed by atoms with E-state index in [1.165, 1.54) is 5.56 Å². The average molecular weight is 463 g/mol. The first-order valence-electron chi connectivity index (χ1n) is 11.8. The van der Waals surface area contributed by atoms with E-state index in [-0.39, 0.29) is 35.1 Å². The van der Waals surface area contributed by atoms with Crippen LogP contribution in [0.5, 0.6) is 0 Å². The van der Waals surface area contributed by atoms with Gasteiger partial charge in [0, 0.05) is 34.9 Å². The molecule has 0 aromatic heterocycles. The number of Topliss-reactive ketones (excluding diaryl/α,β-unsaturated/α-hetero) is 1. The number of rotatable bonds is 9. The molecule has 0 saturated heterocycles. The summed E-state index contributed by atoms with van der Waals surface area (Å²) >= 11 is 6.05. The SMILES string of the molecule is CNC1(NC)C(CC(=O)NC2CCC(Cc3ccc(Cl)cc3)(N(C)C)CC2)CC1C(C)=O. The van der Waals surface area contributed by atoms with Crippen molar-refractivity contribution in [2.24, 2.45) is 11.8 Å². The Labute approximate surface area is 197 Å². The molecule has 2 fully saturated rings. The smallest absolute Gasteiger partial charge is 0.220 e. The zero-order valence-electron chi connectivity index (χ0n) is 20.1. The molecule has 1 aromatic rings. The van der Waals surface area contributed by atoms with Crippen molar-refractivity contribution in [3.05, 3.63) is 34.9 Å². The largest absolute Gasteiger partial charge is 0.353 e. The number of hydrogen-bond donors (Lipinski definition) is 3. The lowest BCUT2D eigenvalue weighted by atomic mass is 9.61. The minimum Gasteiger partial charge on any atom is -0.353 e. The van der Waals surface area contributed by atoms with E-state index in [9.17, 15) is 9.59 Å². The minimum absolute atomic E-state index is 0.0847. The molecule has 2 atom stereocenters. The van der Waals surface area contributed by atoms with Gasteiger partial charge in [0.1, 0.15) is 5.78 Å². The van der Waals surface area contributed by atoms with E-state index in [0.717, 1.165) is 43.5 Å². The first kappa shape index (κ1) is 25.2. The number of carbonyl (C=O) groups excluding carboxylic acids is 2. The van der Waals surface area contributed by atoms with Crippen molar-refractivity contribution >= 4 is 23.3 Å². The lowest BCUT2D eigenvalue weighted by Crippen LogP contribution is -2.73. The number of amides is 1. The third kappa shape index (κ3) is 5.04. The van der Waals surface area contributed by atoms with Crippen LogP contribution in [-0.2, 0) is 16.0 Å². The highest BCUT2D eigenvalue weighted by atomic mass is 35.5. The van der Waals surface area contributed by atoms with Gasteiger partial charge in [-0.3, -0.25) is 9.59 Å². The second-order valence-electron chi connectivity index (χ2n) is 9.93. The van der Waals surface area contributed by atoms with Gasteiger partial charge in [0.05, 0.1) is 5.66 Å². The molecule has 3 N–H and O–H groups in total. The zero-order chi connectivity index (χ0) is 23.5. The predicted octanol–water partition coefficient (Wildman–Crippen LogP) is 2.99. The van der Waals surface area contributed by atoms with E-state index in [4.69, 9.17) is 11.6 Å². The van der Waals surface area contributed by atoms with Crippen molar-refractivity contribution in [3.8, 4) is 0 Å². The molecule has 0 bridgehead atoms. The summed E-state index contributed by atoms with van der Waals surface area (Å²) in [5.74, 6) is 0.282. The Hall–Kier alpha value is -1.47. The number of nitrogens with one attached hydrogen (secondary N) is 3. The van der Waals surface area contributed by atoms with Crippen molar-refractivity contribution in [1.82, 2.24) is 20.9 Å². The van der Waals surface area contributed by atoms with Crippen LogP contribution in [0, 0.1) is 11.8 Å². The molecular weight excluding hydrogens is 424 g/mol. The summed E-state index contributed by atoms with van der Waals surface area (Å²) in [5.41, 5.74) is 0.922. The van der Waals surface area contributed by atoms with E-state index < -0.39 is 5.66 Å². The molecule has 2 aliphatic carbocycles. The number of nitrogens with zero attached hydrogens (tertiary/aromatic N) is 1. The molecular formula is C25H39ClN4O2. The molecule has 6 nitrogen and oxygen atoms in total. The maximum atomic E-state index is 12.9. The van der Waals surface area contributed by atoms with Crippen molar-refractivity contribution < 1.29 is 9.59 Å². The monoisotopic (exact) mass is 462 g/mol. The molecule has 1 aromatic carbocycles. The Kier molecular flexibility index (Phi) is 8.02. The predicted molar refractivity (Wildman–Crippen MR) is 130 cm³/mol. The highest BCUT2D eigenvalue weighted by Gasteiger charge is 2.55. The van der Waals surface area contributed by atoms with Crippen molar-refractivity contribution in [1.29, 1.82) is 0 Å². The van der Waals surface area contributed by atoms with Gasteiger partial charge in [-0.1, -0.05) is 23.7 Å². The van der Waals surface area contributed by atoms with Crippen LogP contribution < -0.4 is 16.0 Å². The van der Waals surface area contributed by atoms with Gasteiger partial charge >= 0.3 is 0 Å². The Balaban J connectivity index is 1.55. The van der Waals surface area contributed by atoms with Crippen LogP contribution in [-0.4, -0.2) is 62.0 Å². The van der Waals surface area contributed by atoms with E-state index >= 15 is 0 Å². The van der Waals surface area contributed by atoms with Crippen LogP contribution >= 0.6 is 11.6 Å². The summed E-state index contributed by atoms with van der Waals surface area (Å²) in [5, 5.41) is 10.6. The van der Waals surface area contributed by atoms with Crippen LogP contribution in [0.4, 0.5) is 0 Å². The molecule has 0 aliphatic heterocycles. The highest BCUT2D eigenvalue weighted by Crippen LogP contribution is 2.44. The second-order valence-corrected chi connectivity index (χ2v) is 10.4. The van der Waals surface area contributed by atoms with Crippen molar-refractivity contribution in [3.63, 3.8) is 0 Å². The van der Waals surface area contributed by atoms with Crippen molar-refractivity contribution in [2.75, 3.05) is 28.2 Å². The molecule has 0 spiro atoms. The highest BCUT2D eigenvalue weighted by molar-refractivity contribution is 6.30. The number of halogens is 1. The van der Waals surface area contributed by atoms with Gasteiger partial charge in [0.15, 0.2) is 0 Å². The molecule has 2 aliphatic rings. The normalized spacial score (nSPS) is 29.4. The molecule has 0 radical (unpaired) electrons. The Bertz CT molecular complexity index is 799. The fourth-order valence-corrected chi connectivity index (χ4v) is 6.09. The molecule has 0 heterocycles. The molecule has 1 amide bonds. The van der Waals surface area contributed by atoms with Gasteiger partial charge in [0.2, 0.25) is 5.91 Å². The van der Waals surface area contributed by atoms with E-state index in [1.807, 2.05) is 26.2 Å². The minimum atomic E-state index is -0.478. The summed E-state index contributed by atoms with van der Waals surface area (Å²) in [7, 11) is 8.04. The van der Waals surface area contributed by atoms with Crippen LogP contribution in [0.1, 0.15) is 51.0 Å². The Morgan fingerprint density at radius 2 is 1.69 bits per heavy atom. The zero-order valence-corrected chi connectivity index (χ0v) is 20.9. The van der Waals surface area contributed by atoms with Gasteiger partial charge in [-0.15, -0.1) is 0 Å². The summed E-state index contributed by atoms with van der Waals surface area (Å²) in [6.45, 7) is 1.63. The van der Waals surface area contributed by atoms with Gasteiger partial charge in [0.25, 0.3) is 0 Å². The first-order chi connectivity index (χ1) is 15.2. The van der Waals surface area contributed by atoms with Gasteiger partial charge < -0.3 is 20.9 Å². The standard InChI is InChI=1S/C25H39ClN4O2/c1-17(31)22-14-19(25(22,27-2)28-3)15-23(32)29-21-10-12-24(13-11-21,30(4)5)16-18-6-8-20(26)9-7-18/h6-9,19,21-22,27-28H,10-16H2,1-5H3,(H,29,32). The van der Waals surface area contributed by atoms with E-state index in [0.29, 0.717) is 6.42 Å². The fourth-order valence-electron chi connectivity index (χ4n) is 5.97. The number of ketones is 1. The van der Waals surface area contributed by atoms with E-state index in [2.05, 4.69) is 47.1 Å². The van der Waals surface area contributed by atoms with E-state index in [1.54, 1.807) is 6.92 Å². The molecule has 3 rings (SSSR count). The first-order valence-corrected chi connectivity index (χ1v) is 12.1. The maximum Gasteiger partial charge on any atom is 0.220 e. The average Bonchev–Trinajstić information content (AvgIpc) is 2.74. The third-order valence-corrected chi connectivity index (χ3v) is 8.39. The summed E-state index contributed by atoms with van der Waals surface area (Å²) < 4.78 is 0. The second kappa shape index (κ2) is 10.2. The summed E-state index contributed by atoms with van der Waals surface area (Å²) in [4.78, 5) is 27.2. The molecule has 2 saturated carbocycles. The Morgan fingerprint density at radius 1 is 1.09 bits per heavy atom. The number of benzene rings is 1. The molecule has 2 unspecified atom stereocenters. The molecule has 178 valence electrons. The van der Waals surface area contributed by atoms with Gasteiger partial charge in [-0.05, 0) is 91.3 Å². The van der Waals surface area contributed by atoms with Crippen LogP contribution in [0.15, 0.2) is 24.3 Å². The lowest BCUT2D eigenvalue weighted by Gasteiger charge is -2.55. The van der Waals surface area contributed by atoms with Gasteiger partial charge in [-0.25, -0.2) is 0 Å². The lowest BCUT2D eigenvalue weighted by molar-refractivity contribution is -0.140. The van der Waals surface area contributed by atoms with Crippen LogP contribution in [0.2, 0.25) is 5.02 Å². The quantitative estimate of drug-likeness (QED) is 0.492. The van der Waals surface area contributed by atoms with Crippen molar-refractivity contribution in [2.45, 2.75) is 69.1 Å². The number of likely N-dealkylation sites (N-methyl/N-ethyl adjacent to an activating group) is 1. The molecule has 7 heteroatoms. The van der Waals surface area contributed by atoms with Gasteiger partial charge in [-0.2, -0.15) is 0 Å². The third-order valence-electron chi connectivity index (χ3n) is 8.14. The summed E-state index contributed by atoms with van der Waals surface area (Å²) in [6, 6.07) is 8.36. The molecule has 32 heavy (non-hydrogen) atoms. The van der Waals surface area contributed by atoms with Crippen LogP contribution in [0.25, 0.3) is 0 Å². The summed E-state index contributed by atoms with van der Waals surface area (Å²) in [6.07, 6.45) is 6.20. The fraction of sp³-hybridized carbons (Fsp3) is 0.680. The maximum absolute atomic E-state index is 12.9. The number of hydrogen-bond acceptors (Lipinski definition) is 5. The Morgan fingerprint density at radius 3 is 2.19 bits per heavy atom. The number of carbonyl (C=O) groups is 2. The van der Waals surface area contributed by atoms with Crippen LogP contribution in [0.3, 0.4) is 0 Å².